The van der Waals surface area contributed by atoms with Crippen LogP contribution < -0.4 is 4.72 Å². The molecule has 0 aromatic heterocycles. The second kappa shape index (κ2) is 11.0. The molecule has 220 valence electrons. The van der Waals surface area contributed by atoms with E-state index in [-0.39, 0.29) is 37.4 Å². The molecule has 1 amide bonds. The monoisotopic (exact) mass is 623 g/mol. The molecule has 0 radical (unpaired) electrons. The third-order valence-corrected chi connectivity index (χ3v) is 11.6. The van der Waals surface area contributed by atoms with Gasteiger partial charge in [0.05, 0.1) is 26.5 Å². The van der Waals surface area contributed by atoms with Crippen molar-refractivity contribution in [1.29, 1.82) is 0 Å². The molecule has 0 aliphatic carbocycles. The maximum Gasteiger partial charge on any atom is 0.417 e. The van der Waals surface area contributed by atoms with E-state index in [0.717, 1.165) is 16.6 Å². The number of sulfone groups is 1. The number of alkyl halides is 3. The molecule has 4 rings (SSSR count). The van der Waals surface area contributed by atoms with E-state index in [2.05, 4.69) is 4.72 Å². The van der Waals surface area contributed by atoms with E-state index in [9.17, 15) is 43.2 Å². The first-order valence-electron chi connectivity index (χ1n) is 12.3. The summed E-state index contributed by atoms with van der Waals surface area (Å²) in [7, 11) is -12.7. The predicted molar refractivity (Wildman–Crippen MR) is 138 cm³/mol. The Morgan fingerprint density at radius 3 is 2.08 bits per heavy atom. The highest BCUT2D eigenvalue weighted by molar-refractivity contribution is 7.91. The van der Waals surface area contributed by atoms with Gasteiger partial charge in [0.2, 0.25) is 35.8 Å². The molecule has 2 saturated heterocycles. The molecular formula is C24H28F3N3O7S3. The number of carbonyl (C=O) groups is 1. The van der Waals surface area contributed by atoms with Crippen LogP contribution in [-0.2, 0) is 40.9 Å². The summed E-state index contributed by atoms with van der Waals surface area (Å²) in [5, 5.41) is 0. The van der Waals surface area contributed by atoms with Gasteiger partial charge in [-0.05, 0) is 56.0 Å². The zero-order chi connectivity index (χ0) is 29.5. The van der Waals surface area contributed by atoms with Crippen molar-refractivity contribution in [2.75, 3.05) is 25.9 Å². The van der Waals surface area contributed by atoms with Crippen molar-refractivity contribution in [3.05, 3.63) is 54.1 Å². The van der Waals surface area contributed by atoms with Gasteiger partial charge in [0.15, 0.2) is 0 Å². The topological polar surface area (TPSA) is 138 Å². The van der Waals surface area contributed by atoms with E-state index in [0.29, 0.717) is 25.0 Å². The van der Waals surface area contributed by atoms with Crippen molar-refractivity contribution in [3.8, 4) is 0 Å². The number of likely N-dealkylation sites (tertiary alicyclic amines) is 1. The van der Waals surface area contributed by atoms with E-state index in [1.807, 2.05) is 0 Å². The smallest absolute Gasteiger partial charge is 0.341 e. The molecule has 0 spiro atoms. The van der Waals surface area contributed by atoms with Crippen LogP contribution in [0.1, 0.15) is 31.2 Å². The summed E-state index contributed by atoms with van der Waals surface area (Å²) in [6, 6.07) is 6.89. The minimum Gasteiger partial charge on any atom is -0.341 e. The molecule has 2 aliphatic heterocycles. The average Bonchev–Trinajstić information content (AvgIpc) is 3.39. The lowest BCUT2D eigenvalue weighted by Crippen LogP contribution is -2.52. The number of benzene rings is 2. The van der Waals surface area contributed by atoms with Gasteiger partial charge in [-0.3, -0.25) is 4.79 Å². The van der Waals surface area contributed by atoms with Crippen LogP contribution in [0.25, 0.3) is 0 Å². The summed E-state index contributed by atoms with van der Waals surface area (Å²) in [6.45, 7) is 0.357. The highest BCUT2D eigenvalue weighted by Crippen LogP contribution is 2.36. The molecule has 2 heterocycles. The molecule has 2 aliphatic rings. The molecule has 40 heavy (non-hydrogen) atoms. The molecule has 2 aromatic rings. The summed E-state index contributed by atoms with van der Waals surface area (Å²) in [5.41, 5.74) is -1.51. The average molecular weight is 624 g/mol. The van der Waals surface area contributed by atoms with E-state index >= 15 is 0 Å². The molecule has 16 heteroatoms. The van der Waals surface area contributed by atoms with Gasteiger partial charge in [-0.15, -0.1) is 0 Å². The van der Waals surface area contributed by atoms with Crippen molar-refractivity contribution in [2.45, 2.75) is 58.6 Å². The number of nitrogens with zero attached hydrogens (tertiary/aromatic N) is 2. The normalized spacial score (nSPS) is 20.1. The minimum atomic E-state index is -5.08. The molecule has 0 saturated carbocycles. The van der Waals surface area contributed by atoms with Crippen LogP contribution in [0.4, 0.5) is 13.2 Å². The Balaban J connectivity index is 1.54. The standard InChI is InChI=1S/C24H28F3N3O7S3/c1-38(32,33)30-13-5-8-21(30)23(31)29-14-11-17(12-15-29)28-40(36,37)22-16-19(9-10-20(22)24(25,26)27)39(34,35)18-6-3-2-4-7-18/h2-4,6-7,9-10,16-17,21,28H,5,8,11-15H2,1H3/t21-/m1/s1. The fourth-order valence-electron chi connectivity index (χ4n) is 4.96. The second-order valence-electron chi connectivity index (χ2n) is 9.72. The number of halogens is 3. The van der Waals surface area contributed by atoms with Gasteiger partial charge in [0.25, 0.3) is 0 Å². The molecule has 1 N–H and O–H groups in total. The highest BCUT2D eigenvalue weighted by Gasteiger charge is 2.41. The van der Waals surface area contributed by atoms with Crippen LogP contribution in [0.3, 0.4) is 0 Å². The van der Waals surface area contributed by atoms with Gasteiger partial charge in [0.1, 0.15) is 6.04 Å². The van der Waals surface area contributed by atoms with E-state index in [4.69, 9.17) is 0 Å². The number of amides is 1. The summed E-state index contributed by atoms with van der Waals surface area (Å²) in [4.78, 5) is 12.4. The molecule has 0 bridgehead atoms. The Morgan fingerprint density at radius 1 is 0.875 bits per heavy atom. The first-order chi connectivity index (χ1) is 18.5. The van der Waals surface area contributed by atoms with Crippen molar-refractivity contribution >= 4 is 35.8 Å². The minimum absolute atomic E-state index is 0.0642. The molecule has 2 aromatic carbocycles. The van der Waals surface area contributed by atoms with Crippen LogP contribution in [-0.4, -0.2) is 78.3 Å². The third kappa shape index (κ3) is 6.35. The van der Waals surface area contributed by atoms with E-state index < -0.39 is 69.4 Å². The van der Waals surface area contributed by atoms with Crippen molar-refractivity contribution in [1.82, 2.24) is 13.9 Å². The van der Waals surface area contributed by atoms with Gasteiger partial charge in [-0.2, -0.15) is 17.5 Å². The van der Waals surface area contributed by atoms with Crippen LogP contribution >= 0.6 is 0 Å². The molecule has 1 atom stereocenters. The largest absolute Gasteiger partial charge is 0.417 e. The van der Waals surface area contributed by atoms with Crippen LogP contribution in [0, 0.1) is 0 Å². The van der Waals surface area contributed by atoms with Gasteiger partial charge < -0.3 is 4.90 Å². The van der Waals surface area contributed by atoms with Crippen molar-refractivity contribution in [3.63, 3.8) is 0 Å². The highest BCUT2D eigenvalue weighted by atomic mass is 32.2. The van der Waals surface area contributed by atoms with Gasteiger partial charge in [-0.1, -0.05) is 18.2 Å². The van der Waals surface area contributed by atoms with E-state index in [1.165, 1.54) is 29.2 Å². The Bertz CT molecular complexity index is 1590. The lowest BCUT2D eigenvalue weighted by atomic mass is 10.0. The quantitative estimate of drug-likeness (QED) is 0.499. The van der Waals surface area contributed by atoms with Crippen LogP contribution in [0.5, 0.6) is 0 Å². The van der Waals surface area contributed by atoms with Crippen LogP contribution in [0.15, 0.2) is 63.2 Å². The number of sulfonamides is 2. The van der Waals surface area contributed by atoms with E-state index in [1.54, 1.807) is 6.07 Å². The molecule has 10 nitrogen and oxygen atoms in total. The lowest BCUT2D eigenvalue weighted by molar-refractivity contribution is -0.140. The van der Waals surface area contributed by atoms with Gasteiger partial charge in [-0.25, -0.2) is 30.0 Å². The molecule has 0 unspecified atom stereocenters. The predicted octanol–water partition coefficient (Wildman–Crippen LogP) is 2.23. The number of hydrogen-bond acceptors (Lipinski definition) is 7. The van der Waals surface area contributed by atoms with Gasteiger partial charge in [0, 0.05) is 25.7 Å². The van der Waals surface area contributed by atoms with Crippen molar-refractivity contribution in [2.24, 2.45) is 0 Å². The number of nitrogens with one attached hydrogen (secondary N) is 1. The summed E-state index contributed by atoms with van der Waals surface area (Å²) in [6.07, 6.45) is -3.03. The Kier molecular flexibility index (Phi) is 8.40. The number of hydrogen-bond donors (Lipinski definition) is 1. The summed E-state index contributed by atoms with van der Waals surface area (Å²) < 4.78 is 121. The first kappa shape index (κ1) is 30.4. The first-order valence-corrected chi connectivity index (χ1v) is 17.1. The Morgan fingerprint density at radius 2 is 1.50 bits per heavy atom. The lowest BCUT2D eigenvalue weighted by Gasteiger charge is -2.35. The zero-order valence-corrected chi connectivity index (χ0v) is 23.8. The maximum absolute atomic E-state index is 13.8. The SMILES string of the molecule is CS(=O)(=O)N1CCC[C@@H]1C(=O)N1CCC(NS(=O)(=O)c2cc(S(=O)(=O)c3ccccc3)ccc2C(F)(F)F)CC1. The summed E-state index contributed by atoms with van der Waals surface area (Å²) >= 11 is 0. The Labute approximate surface area is 231 Å². The maximum atomic E-state index is 13.8. The Hall–Kier alpha value is -2.53. The fraction of sp³-hybridized carbons (Fsp3) is 0.458. The fourth-order valence-corrected chi connectivity index (χ4v) is 9.02. The molecule has 2 fully saturated rings. The van der Waals surface area contributed by atoms with Crippen LogP contribution in [0.2, 0.25) is 0 Å². The molecular weight excluding hydrogens is 595 g/mol. The van der Waals surface area contributed by atoms with Gasteiger partial charge >= 0.3 is 6.18 Å². The zero-order valence-electron chi connectivity index (χ0n) is 21.3. The number of carbonyl (C=O) groups excluding carboxylic acids is 1. The summed E-state index contributed by atoms with van der Waals surface area (Å²) in [5.74, 6) is -0.401. The number of rotatable bonds is 7. The van der Waals surface area contributed by atoms with Crippen molar-refractivity contribution < 1.29 is 43.2 Å². The third-order valence-electron chi connectivity index (χ3n) is 6.95. The number of piperidine rings is 1. The second-order valence-corrected chi connectivity index (χ2v) is 15.3.